The van der Waals surface area contributed by atoms with Gasteiger partial charge in [0.1, 0.15) is 0 Å². The van der Waals surface area contributed by atoms with E-state index in [4.69, 9.17) is 0 Å². The molecular weight excluding hydrogens is 184 g/mol. The molecule has 0 unspecified atom stereocenters. The molecule has 15 heavy (non-hydrogen) atoms. The number of unbranched alkanes of at least 4 members (excludes halogenated alkanes) is 1. The fraction of sp³-hybridized carbons (Fsp3) is 0.462. The third kappa shape index (κ3) is 2.82. The Balaban J connectivity index is 0.000000531. The molecule has 1 aromatic carbocycles. The van der Waals surface area contributed by atoms with Gasteiger partial charge in [-0.25, -0.2) is 0 Å². The number of para-hydroxylation sites is 1. The summed E-state index contributed by atoms with van der Waals surface area (Å²) in [7, 11) is 0. The number of aryl methyl sites for hydroxylation is 1. The minimum atomic E-state index is 1.03. The summed E-state index contributed by atoms with van der Waals surface area (Å²) in [5.74, 6) is 0. The molecule has 2 heteroatoms. The van der Waals surface area contributed by atoms with Gasteiger partial charge in [-0.05, 0) is 12.5 Å². The highest BCUT2D eigenvalue weighted by Gasteiger charge is 1.99. The molecule has 0 fully saturated rings. The highest BCUT2D eigenvalue weighted by molar-refractivity contribution is 5.78. The van der Waals surface area contributed by atoms with Gasteiger partial charge in [0, 0.05) is 11.9 Å². The lowest BCUT2D eigenvalue weighted by Gasteiger charge is -2.00. The van der Waals surface area contributed by atoms with Gasteiger partial charge >= 0.3 is 0 Å². The SMILES string of the molecule is CC.CCCCn1ncc2ccccc21. The first-order chi connectivity index (χ1) is 7.42. The Morgan fingerprint density at radius 2 is 1.93 bits per heavy atom. The Morgan fingerprint density at radius 1 is 1.20 bits per heavy atom. The summed E-state index contributed by atoms with van der Waals surface area (Å²) >= 11 is 0. The van der Waals surface area contributed by atoms with Gasteiger partial charge in [-0.3, -0.25) is 4.68 Å². The van der Waals surface area contributed by atoms with E-state index in [-0.39, 0.29) is 0 Å². The molecule has 2 nitrogen and oxygen atoms in total. The molecule has 0 N–H and O–H groups in total. The average molecular weight is 204 g/mol. The van der Waals surface area contributed by atoms with Crippen molar-refractivity contribution in [1.29, 1.82) is 0 Å². The quantitative estimate of drug-likeness (QED) is 0.742. The zero-order chi connectivity index (χ0) is 11.1. The Morgan fingerprint density at radius 3 is 2.67 bits per heavy atom. The maximum atomic E-state index is 4.35. The molecule has 0 aliphatic carbocycles. The fourth-order valence-corrected chi connectivity index (χ4v) is 1.51. The Labute approximate surface area is 91.9 Å². The molecule has 0 atom stereocenters. The number of aromatic nitrogens is 2. The molecule has 0 bridgehead atoms. The summed E-state index contributed by atoms with van der Waals surface area (Å²) in [6.07, 6.45) is 4.35. The van der Waals surface area contributed by atoms with Crippen LogP contribution in [0, 0.1) is 0 Å². The first kappa shape index (κ1) is 11.8. The van der Waals surface area contributed by atoms with Crippen molar-refractivity contribution < 1.29 is 0 Å². The number of fused-ring (bicyclic) bond motifs is 1. The van der Waals surface area contributed by atoms with Crippen LogP contribution in [0.2, 0.25) is 0 Å². The number of benzene rings is 1. The van der Waals surface area contributed by atoms with E-state index in [1.807, 2.05) is 26.1 Å². The van der Waals surface area contributed by atoms with Crippen molar-refractivity contribution in [1.82, 2.24) is 9.78 Å². The smallest absolute Gasteiger partial charge is 0.0682 e. The molecule has 0 radical (unpaired) electrons. The summed E-state index contributed by atoms with van der Waals surface area (Å²) in [4.78, 5) is 0. The van der Waals surface area contributed by atoms with Crippen molar-refractivity contribution >= 4 is 10.9 Å². The first-order valence-electron chi connectivity index (χ1n) is 5.82. The zero-order valence-corrected chi connectivity index (χ0v) is 9.90. The lowest BCUT2D eigenvalue weighted by Crippen LogP contribution is -1.98. The molecule has 82 valence electrons. The first-order valence-corrected chi connectivity index (χ1v) is 5.82. The molecule has 0 saturated carbocycles. The molecule has 2 rings (SSSR count). The lowest BCUT2D eigenvalue weighted by atomic mass is 10.2. The topological polar surface area (TPSA) is 17.8 Å². The van der Waals surface area contributed by atoms with Crippen molar-refractivity contribution in [3.8, 4) is 0 Å². The minimum absolute atomic E-state index is 1.03. The second kappa shape index (κ2) is 6.23. The second-order valence-corrected chi connectivity index (χ2v) is 3.28. The molecule has 0 aliphatic rings. The third-order valence-corrected chi connectivity index (χ3v) is 2.27. The Kier molecular flexibility index (Phi) is 4.88. The van der Waals surface area contributed by atoms with Crippen LogP contribution in [-0.4, -0.2) is 9.78 Å². The summed E-state index contributed by atoms with van der Waals surface area (Å²) in [5, 5.41) is 5.58. The molecule has 0 saturated heterocycles. The van der Waals surface area contributed by atoms with Crippen molar-refractivity contribution in [3.63, 3.8) is 0 Å². The highest BCUT2D eigenvalue weighted by atomic mass is 15.3. The van der Waals surface area contributed by atoms with Crippen LogP contribution in [-0.2, 0) is 6.54 Å². The van der Waals surface area contributed by atoms with Crippen molar-refractivity contribution in [2.45, 2.75) is 40.2 Å². The zero-order valence-electron chi connectivity index (χ0n) is 9.90. The van der Waals surface area contributed by atoms with Gasteiger partial charge in [0.15, 0.2) is 0 Å². The molecule has 2 aromatic rings. The van der Waals surface area contributed by atoms with Crippen LogP contribution in [0.5, 0.6) is 0 Å². The number of hydrogen-bond donors (Lipinski definition) is 0. The van der Waals surface area contributed by atoms with Gasteiger partial charge < -0.3 is 0 Å². The molecule has 0 amide bonds. The second-order valence-electron chi connectivity index (χ2n) is 3.28. The normalized spacial score (nSPS) is 9.80. The number of nitrogens with zero attached hydrogens (tertiary/aromatic N) is 2. The number of hydrogen-bond acceptors (Lipinski definition) is 1. The van der Waals surface area contributed by atoms with E-state index in [9.17, 15) is 0 Å². The molecule has 1 aromatic heterocycles. The van der Waals surface area contributed by atoms with Crippen LogP contribution in [0.4, 0.5) is 0 Å². The molecule has 0 spiro atoms. The van der Waals surface area contributed by atoms with E-state index in [0.717, 1.165) is 6.54 Å². The van der Waals surface area contributed by atoms with Crippen molar-refractivity contribution in [2.24, 2.45) is 0 Å². The third-order valence-electron chi connectivity index (χ3n) is 2.27. The molecule has 0 aliphatic heterocycles. The lowest BCUT2D eigenvalue weighted by molar-refractivity contribution is 0.588. The van der Waals surface area contributed by atoms with Crippen LogP contribution in [0.15, 0.2) is 30.5 Å². The molecular formula is C13H20N2. The van der Waals surface area contributed by atoms with Gasteiger partial charge in [-0.1, -0.05) is 45.4 Å². The Hall–Kier alpha value is -1.31. The van der Waals surface area contributed by atoms with Gasteiger partial charge in [0.05, 0.1) is 11.7 Å². The summed E-state index contributed by atoms with van der Waals surface area (Å²) < 4.78 is 2.08. The standard InChI is InChI=1S/C11H14N2.C2H6/c1-2-3-8-13-11-7-5-4-6-10(11)9-12-13;1-2/h4-7,9H,2-3,8H2,1H3;1-2H3. The minimum Gasteiger partial charge on any atom is -0.265 e. The van der Waals surface area contributed by atoms with Gasteiger partial charge in [-0.2, -0.15) is 5.10 Å². The van der Waals surface area contributed by atoms with Crippen LogP contribution >= 0.6 is 0 Å². The maximum absolute atomic E-state index is 4.35. The predicted molar refractivity (Wildman–Crippen MR) is 66.0 cm³/mol. The maximum Gasteiger partial charge on any atom is 0.0682 e. The summed E-state index contributed by atoms with van der Waals surface area (Å²) in [6.45, 7) is 7.23. The van der Waals surface area contributed by atoms with Crippen molar-refractivity contribution in [2.75, 3.05) is 0 Å². The van der Waals surface area contributed by atoms with Crippen LogP contribution < -0.4 is 0 Å². The van der Waals surface area contributed by atoms with E-state index in [1.54, 1.807) is 0 Å². The number of rotatable bonds is 3. The van der Waals surface area contributed by atoms with E-state index in [2.05, 4.69) is 34.9 Å². The van der Waals surface area contributed by atoms with E-state index >= 15 is 0 Å². The summed E-state index contributed by atoms with van der Waals surface area (Å²) in [6, 6.07) is 8.34. The van der Waals surface area contributed by atoms with Gasteiger partial charge in [0.25, 0.3) is 0 Å². The van der Waals surface area contributed by atoms with E-state index < -0.39 is 0 Å². The van der Waals surface area contributed by atoms with Crippen LogP contribution in [0.1, 0.15) is 33.6 Å². The van der Waals surface area contributed by atoms with Crippen LogP contribution in [0.25, 0.3) is 10.9 Å². The van der Waals surface area contributed by atoms with Crippen LogP contribution in [0.3, 0.4) is 0 Å². The monoisotopic (exact) mass is 204 g/mol. The Bertz CT molecular complexity index is 390. The van der Waals surface area contributed by atoms with Gasteiger partial charge in [0.2, 0.25) is 0 Å². The highest BCUT2D eigenvalue weighted by Crippen LogP contribution is 2.12. The summed E-state index contributed by atoms with van der Waals surface area (Å²) in [5.41, 5.74) is 1.25. The average Bonchev–Trinajstić information content (AvgIpc) is 2.72. The van der Waals surface area contributed by atoms with E-state index in [0.29, 0.717) is 0 Å². The molecule has 1 heterocycles. The van der Waals surface area contributed by atoms with Gasteiger partial charge in [-0.15, -0.1) is 0 Å². The largest absolute Gasteiger partial charge is 0.265 e. The fourth-order valence-electron chi connectivity index (χ4n) is 1.51. The van der Waals surface area contributed by atoms with E-state index in [1.165, 1.54) is 23.7 Å². The predicted octanol–water partition coefficient (Wildman–Crippen LogP) is 3.86. The van der Waals surface area contributed by atoms with Crippen molar-refractivity contribution in [3.05, 3.63) is 30.5 Å².